The summed E-state index contributed by atoms with van der Waals surface area (Å²) in [5.74, 6) is -0.209. The minimum atomic E-state index is -0.793. The van der Waals surface area contributed by atoms with E-state index in [0.29, 0.717) is 5.71 Å². The molecule has 5 rings (SSSR count). The van der Waals surface area contributed by atoms with Crippen LogP contribution in [0.2, 0.25) is 0 Å². The lowest BCUT2D eigenvalue weighted by atomic mass is 9.77. The fraction of sp³-hybridized carbons (Fsp3) is 0.0606. The average molecular weight is 559 g/mol. The molecule has 5 aromatic carbocycles. The maximum Gasteiger partial charge on any atom is 0.321 e. The van der Waals surface area contributed by atoms with Crippen LogP contribution in [0.5, 0.6) is 5.75 Å². The highest BCUT2D eigenvalue weighted by Crippen LogP contribution is 2.37. The van der Waals surface area contributed by atoms with Crippen molar-refractivity contribution in [1.29, 1.82) is 0 Å². The van der Waals surface area contributed by atoms with Gasteiger partial charge in [0.15, 0.2) is 0 Å². The van der Waals surface area contributed by atoms with Crippen LogP contribution in [0, 0.1) is 20.2 Å². The van der Waals surface area contributed by atoms with Gasteiger partial charge in [0, 0.05) is 18.2 Å². The third kappa shape index (κ3) is 5.91. The van der Waals surface area contributed by atoms with Crippen molar-refractivity contribution < 1.29 is 14.7 Å². The van der Waals surface area contributed by atoms with E-state index in [9.17, 15) is 20.2 Å². The molecule has 0 aliphatic carbocycles. The van der Waals surface area contributed by atoms with Gasteiger partial charge in [-0.25, -0.2) is 0 Å². The predicted molar refractivity (Wildman–Crippen MR) is 161 cm³/mol. The molecular formula is C33H26N4O5. The van der Waals surface area contributed by atoms with Crippen molar-refractivity contribution in [2.24, 2.45) is 5.16 Å². The Labute approximate surface area is 242 Å². The van der Waals surface area contributed by atoms with Crippen LogP contribution in [0.25, 0.3) is 0 Å². The van der Waals surface area contributed by atoms with Crippen LogP contribution in [-0.4, -0.2) is 22.1 Å². The Balaban J connectivity index is 1.60. The summed E-state index contributed by atoms with van der Waals surface area (Å²) in [6.45, 7) is 0.198. The number of nitro groups is 2. The van der Waals surface area contributed by atoms with E-state index < -0.39 is 26.8 Å². The molecule has 0 saturated carbocycles. The second-order valence-corrected chi connectivity index (χ2v) is 9.36. The Bertz CT molecular complexity index is 1600. The number of nitrogens with one attached hydrogen (secondary N) is 1. The van der Waals surface area contributed by atoms with Crippen molar-refractivity contribution in [3.8, 4) is 5.75 Å². The summed E-state index contributed by atoms with van der Waals surface area (Å²) < 4.78 is 0. The third-order valence-corrected chi connectivity index (χ3v) is 6.85. The Hall–Kier alpha value is -5.67. The normalized spacial score (nSPS) is 11.6. The van der Waals surface area contributed by atoms with Gasteiger partial charge in [-0.2, -0.15) is 0 Å². The molecule has 0 heterocycles. The van der Waals surface area contributed by atoms with Crippen molar-refractivity contribution in [2.45, 2.75) is 5.54 Å². The van der Waals surface area contributed by atoms with Crippen LogP contribution < -0.4 is 10.2 Å². The van der Waals surface area contributed by atoms with Crippen LogP contribution in [0.1, 0.15) is 22.3 Å². The van der Waals surface area contributed by atoms with E-state index in [0.717, 1.165) is 34.4 Å². The van der Waals surface area contributed by atoms with Crippen LogP contribution in [0.3, 0.4) is 0 Å². The maximum atomic E-state index is 11.7. The van der Waals surface area contributed by atoms with Crippen LogP contribution in [0.15, 0.2) is 145 Å². The van der Waals surface area contributed by atoms with E-state index in [1.54, 1.807) is 0 Å². The van der Waals surface area contributed by atoms with E-state index in [1.165, 1.54) is 6.07 Å². The van der Waals surface area contributed by atoms with Gasteiger partial charge in [0.1, 0.15) is 5.71 Å². The molecule has 9 nitrogen and oxygen atoms in total. The van der Waals surface area contributed by atoms with Crippen molar-refractivity contribution in [2.75, 3.05) is 6.54 Å². The third-order valence-electron chi connectivity index (χ3n) is 6.85. The first-order valence-corrected chi connectivity index (χ1v) is 13.1. The quantitative estimate of drug-likeness (QED) is 0.0818. The maximum absolute atomic E-state index is 11.7. The molecule has 0 aromatic heterocycles. The second-order valence-electron chi connectivity index (χ2n) is 9.36. The Kier molecular flexibility index (Phi) is 8.41. The van der Waals surface area contributed by atoms with Gasteiger partial charge in [-0.15, -0.1) is 0 Å². The fourth-order valence-corrected chi connectivity index (χ4v) is 4.85. The summed E-state index contributed by atoms with van der Waals surface area (Å²) in [7, 11) is 0. The van der Waals surface area contributed by atoms with E-state index in [1.807, 2.05) is 84.9 Å². The molecule has 0 spiro atoms. The minimum Gasteiger partial charge on any atom is -0.349 e. The van der Waals surface area contributed by atoms with Gasteiger partial charge in [-0.05, 0) is 22.8 Å². The summed E-state index contributed by atoms with van der Waals surface area (Å²) in [5.41, 5.74) is 2.44. The van der Waals surface area contributed by atoms with E-state index >= 15 is 0 Å². The first-order chi connectivity index (χ1) is 20.5. The molecule has 0 unspecified atom stereocenters. The highest BCUT2D eigenvalue weighted by molar-refractivity contribution is 6.02. The molecule has 0 fully saturated rings. The smallest absolute Gasteiger partial charge is 0.321 e. The van der Waals surface area contributed by atoms with Crippen LogP contribution in [-0.2, 0) is 5.54 Å². The summed E-state index contributed by atoms with van der Waals surface area (Å²) >= 11 is 0. The average Bonchev–Trinajstić information content (AvgIpc) is 3.04. The summed E-state index contributed by atoms with van der Waals surface area (Å²) in [6, 6.07) is 42.7. The van der Waals surface area contributed by atoms with Gasteiger partial charge in [-0.3, -0.25) is 25.5 Å². The van der Waals surface area contributed by atoms with Crippen molar-refractivity contribution in [3.63, 3.8) is 0 Å². The van der Waals surface area contributed by atoms with Crippen LogP contribution in [0.4, 0.5) is 11.4 Å². The summed E-state index contributed by atoms with van der Waals surface area (Å²) in [6.07, 6.45) is 0. The minimum absolute atomic E-state index is 0.198. The molecule has 0 bridgehead atoms. The molecular weight excluding hydrogens is 532 g/mol. The molecule has 208 valence electrons. The zero-order chi connectivity index (χ0) is 29.4. The molecule has 1 N–H and O–H groups in total. The number of nitro benzene ring substituents is 2. The standard InChI is InChI=1S/C33H26N4O5/c38-36(39)29-21-22-32(31(23-29)37(40)41)42-35-30(25-13-5-1-6-14-25)24-34-33(26-15-7-2-8-16-26,27-17-9-3-10-18-27)28-19-11-4-12-20-28/h1-23,34H,24H2/b35-30+. The van der Waals surface area contributed by atoms with Crippen molar-refractivity contribution in [1.82, 2.24) is 5.32 Å². The molecule has 42 heavy (non-hydrogen) atoms. The van der Waals surface area contributed by atoms with Gasteiger partial charge >= 0.3 is 5.69 Å². The topological polar surface area (TPSA) is 120 Å². The fourth-order valence-electron chi connectivity index (χ4n) is 4.85. The molecule has 0 atom stereocenters. The monoisotopic (exact) mass is 558 g/mol. The van der Waals surface area contributed by atoms with Crippen molar-refractivity contribution in [3.05, 3.63) is 182 Å². The Morgan fingerprint density at radius 1 is 0.667 bits per heavy atom. The largest absolute Gasteiger partial charge is 0.349 e. The number of nitrogens with zero attached hydrogens (tertiary/aromatic N) is 3. The van der Waals surface area contributed by atoms with Gasteiger partial charge < -0.3 is 4.84 Å². The number of non-ortho nitro benzene ring substituents is 1. The van der Waals surface area contributed by atoms with Gasteiger partial charge in [0.05, 0.1) is 21.5 Å². The Morgan fingerprint density at radius 2 is 1.14 bits per heavy atom. The number of hydrogen-bond acceptors (Lipinski definition) is 7. The van der Waals surface area contributed by atoms with E-state index in [-0.39, 0.29) is 12.3 Å². The zero-order valence-electron chi connectivity index (χ0n) is 22.4. The zero-order valence-corrected chi connectivity index (χ0v) is 22.4. The molecule has 0 aliphatic rings. The van der Waals surface area contributed by atoms with Crippen molar-refractivity contribution >= 4 is 17.1 Å². The highest BCUT2D eigenvalue weighted by atomic mass is 16.7. The number of benzene rings is 5. The predicted octanol–water partition coefficient (Wildman–Crippen LogP) is 6.87. The SMILES string of the molecule is O=[N+]([O-])c1ccc(O/N=C(\CNC(c2ccccc2)(c2ccccc2)c2ccccc2)c2ccccc2)c([N+](=O)[O-])c1. The van der Waals surface area contributed by atoms with Crippen LogP contribution >= 0.6 is 0 Å². The first-order valence-electron chi connectivity index (χ1n) is 13.1. The lowest BCUT2D eigenvalue weighted by Crippen LogP contribution is -2.47. The number of rotatable bonds is 11. The lowest BCUT2D eigenvalue weighted by molar-refractivity contribution is -0.394. The molecule has 0 radical (unpaired) electrons. The number of oxime groups is 1. The molecule has 0 aliphatic heterocycles. The summed E-state index contributed by atoms with van der Waals surface area (Å²) in [4.78, 5) is 27.0. The highest BCUT2D eigenvalue weighted by Gasteiger charge is 2.36. The Morgan fingerprint density at radius 3 is 1.60 bits per heavy atom. The first kappa shape index (κ1) is 27.9. The molecule has 0 amide bonds. The molecule has 0 saturated heterocycles. The second kappa shape index (κ2) is 12.7. The van der Waals surface area contributed by atoms with E-state index in [2.05, 4.69) is 46.9 Å². The van der Waals surface area contributed by atoms with Gasteiger partial charge in [0.25, 0.3) is 5.69 Å². The molecule has 9 heteroatoms. The van der Waals surface area contributed by atoms with E-state index in [4.69, 9.17) is 4.84 Å². The lowest BCUT2D eigenvalue weighted by Gasteiger charge is -2.37. The summed E-state index contributed by atoms with van der Waals surface area (Å²) in [5, 5.41) is 30.9. The number of hydrogen-bond donors (Lipinski definition) is 1. The van der Waals surface area contributed by atoms with Gasteiger partial charge in [-0.1, -0.05) is 126 Å². The molecule has 5 aromatic rings. The van der Waals surface area contributed by atoms with Gasteiger partial charge in [0.2, 0.25) is 5.75 Å².